The van der Waals surface area contributed by atoms with Crippen molar-refractivity contribution in [3.8, 4) is 5.75 Å². The number of benzene rings is 1. The van der Waals surface area contributed by atoms with E-state index in [1.807, 2.05) is 4.72 Å². The maximum atomic E-state index is 14.5. The molecule has 1 aliphatic carbocycles. The van der Waals surface area contributed by atoms with Crippen molar-refractivity contribution in [3.05, 3.63) is 29.1 Å². The molecule has 0 radical (unpaired) electrons. The van der Waals surface area contributed by atoms with Gasteiger partial charge in [0, 0.05) is 18.2 Å². The number of piperidine rings is 1. The van der Waals surface area contributed by atoms with E-state index < -0.39 is 21.7 Å². The van der Waals surface area contributed by atoms with Crippen LogP contribution in [0.15, 0.2) is 12.1 Å². The fraction of sp³-hybridized carbons (Fsp3) is 0.632. The summed E-state index contributed by atoms with van der Waals surface area (Å²) in [6.45, 7) is 0.544. The first kappa shape index (κ1) is 18.7. The van der Waals surface area contributed by atoms with E-state index in [1.165, 1.54) is 25.0 Å². The van der Waals surface area contributed by atoms with Gasteiger partial charge in [0.2, 0.25) is 10.0 Å². The van der Waals surface area contributed by atoms with E-state index >= 15 is 0 Å². The van der Waals surface area contributed by atoms with Crippen LogP contribution in [0, 0.1) is 11.7 Å². The number of hydrogen-bond acceptors (Lipinski definition) is 5. The summed E-state index contributed by atoms with van der Waals surface area (Å²) in [5.74, 6) is -0.530. The van der Waals surface area contributed by atoms with E-state index in [-0.39, 0.29) is 11.5 Å². The number of hydrogen-bond donors (Lipinski definition) is 2. The predicted octanol–water partition coefficient (Wildman–Crippen LogP) is 2.30. The molecule has 6 nitrogen and oxygen atoms in total. The van der Waals surface area contributed by atoms with E-state index in [0.717, 1.165) is 37.5 Å². The van der Waals surface area contributed by atoms with Crippen molar-refractivity contribution in [1.82, 2.24) is 10.0 Å². The molecule has 3 fully saturated rings. The topological polar surface area (TPSA) is 84.5 Å². The van der Waals surface area contributed by atoms with Gasteiger partial charge in [-0.2, -0.15) is 0 Å². The normalized spacial score (nSPS) is 27.4. The van der Waals surface area contributed by atoms with Crippen molar-refractivity contribution in [2.45, 2.75) is 56.5 Å². The quantitative estimate of drug-likeness (QED) is 0.771. The first-order valence-electron chi connectivity index (χ1n) is 9.53. The van der Waals surface area contributed by atoms with Gasteiger partial charge in [-0.15, -0.1) is 0 Å². The molecule has 2 N–H and O–H groups in total. The zero-order valence-electron chi connectivity index (χ0n) is 15.3. The number of amides is 1. The minimum atomic E-state index is -3.75. The number of fused-ring (bicyclic) bond motifs is 2. The molecular weight excluding hydrogens is 371 g/mol. The largest absolute Gasteiger partial charge is 0.493 e. The Hall–Kier alpha value is -1.67. The fourth-order valence-corrected chi connectivity index (χ4v) is 4.77. The summed E-state index contributed by atoms with van der Waals surface area (Å²) in [4.78, 5) is 12.1. The van der Waals surface area contributed by atoms with Crippen molar-refractivity contribution in [3.63, 3.8) is 0 Å². The van der Waals surface area contributed by atoms with Gasteiger partial charge >= 0.3 is 0 Å². The highest BCUT2D eigenvalue weighted by Crippen LogP contribution is 2.45. The molecule has 2 heterocycles. The van der Waals surface area contributed by atoms with Crippen molar-refractivity contribution in [2.24, 2.45) is 5.92 Å². The van der Waals surface area contributed by atoms with Crippen LogP contribution in [-0.2, 0) is 10.0 Å². The SMILES string of the molecule is CS(=O)(=O)NC(=O)c1cc(C2CC2)c(OC[C@@H]2C[C@H]3CC[C@@H](C2)N3)cc1F. The monoisotopic (exact) mass is 396 g/mol. The molecule has 148 valence electrons. The Morgan fingerprint density at radius 3 is 2.48 bits per heavy atom. The van der Waals surface area contributed by atoms with Gasteiger partial charge in [-0.1, -0.05) is 0 Å². The van der Waals surface area contributed by atoms with Gasteiger partial charge in [0.25, 0.3) is 5.91 Å². The molecule has 2 aliphatic heterocycles. The Labute approximate surface area is 158 Å². The van der Waals surface area contributed by atoms with Gasteiger partial charge < -0.3 is 10.1 Å². The van der Waals surface area contributed by atoms with E-state index in [4.69, 9.17) is 4.74 Å². The highest BCUT2D eigenvalue weighted by atomic mass is 32.2. The van der Waals surface area contributed by atoms with Gasteiger partial charge in [-0.25, -0.2) is 17.5 Å². The van der Waals surface area contributed by atoms with Crippen LogP contribution in [0.1, 0.15) is 60.4 Å². The lowest BCUT2D eigenvalue weighted by Gasteiger charge is -2.29. The number of ether oxygens (including phenoxy) is 1. The van der Waals surface area contributed by atoms with Gasteiger partial charge in [-0.05, 0) is 62.0 Å². The first-order valence-corrected chi connectivity index (χ1v) is 11.4. The predicted molar refractivity (Wildman–Crippen MR) is 98.8 cm³/mol. The second-order valence-electron chi connectivity index (χ2n) is 8.13. The van der Waals surface area contributed by atoms with Gasteiger partial charge in [0.15, 0.2) is 0 Å². The van der Waals surface area contributed by atoms with Crippen LogP contribution in [-0.4, -0.2) is 39.3 Å². The Morgan fingerprint density at radius 2 is 1.89 bits per heavy atom. The molecule has 1 aromatic carbocycles. The molecule has 4 rings (SSSR count). The Kier molecular flexibility index (Phi) is 4.88. The van der Waals surface area contributed by atoms with E-state index in [9.17, 15) is 17.6 Å². The molecule has 3 atom stereocenters. The highest BCUT2D eigenvalue weighted by molar-refractivity contribution is 7.89. The Bertz CT molecular complexity index is 842. The van der Waals surface area contributed by atoms with E-state index in [0.29, 0.717) is 30.4 Å². The van der Waals surface area contributed by atoms with Crippen LogP contribution in [0.5, 0.6) is 5.75 Å². The molecular formula is C19H25FN2O4S. The summed E-state index contributed by atoms with van der Waals surface area (Å²) in [5, 5.41) is 3.60. The Balaban J connectivity index is 1.50. The number of carbonyl (C=O) groups excluding carboxylic acids is 1. The molecule has 0 aromatic heterocycles. The average molecular weight is 396 g/mol. The summed E-state index contributed by atoms with van der Waals surface area (Å²) >= 11 is 0. The maximum absolute atomic E-state index is 14.5. The van der Waals surface area contributed by atoms with Crippen molar-refractivity contribution in [1.29, 1.82) is 0 Å². The third kappa shape index (κ3) is 4.43. The summed E-state index contributed by atoms with van der Waals surface area (Å²) in [7, 11) is -3.75. The highest BCUT2D eigenvalue weighted by Gasteiger charge is 2.34. The molecule has 2 saturated heterocycles. The van der Waals surface area contributed by atoms with Crippen LogP contribution >= 0.6 is 0 Å². The van der Waals surface area contributed by atoms with E-state index in [1.54, 1.807) is 0 Å². The van der Waals surface area contributed by atoms with Gasteiger partial charge in [0.1, 0.15) is 11.6 Å². The lowest BCUT2D eigenvalue weighted by Crippen LogP contribution is -2.39. The smallest absolute Gasteiger partial charge is 0.267 e. The van der Waals surface area contributed by atoms with Crippen LogP contribution in [0.2, 0.25) is 0 Å². The summed E-state index contributed by atoms with van der Waals surface area (Å²) in [6, 6.07) is 3.83. The van der Waals surface area contributed by atoms with Crippen LogP contribution in [0.25, 0.3) is 0 Å². The minimum Gasteiger partial charge on any atom is -0.493 e. The third-order valence-electron chi connectivity index (χ3n) is 5.68. The summed E-state index contributed by atoms with van der Waals surface area (Å²) in [6.07, 6.45) is 7.38. The van der Waals surface area contributed by atoms with Crippen LogP contribution in [0.3, 0.4) is 0 Å². The zero-order chi connectivity index (χ0) is 19.2. The average Bonchev–Trinajstić information content (AvgIpc) is 3.36. The summed E-state index contributed by atoms with van der Waals surface area (Å²) < 4.78 is 44.9. The first-order chi connectivity index (χ1) is 12.8. The fourth-order valence-electron chi connectivity index (χ4n) is 4.33. The second kappa shape index (κ2) is 7.05. The number of sulfonamides is 1. The Morgan fingerprint density at radius 1 is 1.22 bits per heavy atom. The maximum Gasteiger partial charge on any atom is 0.267 e. The molecule has 1 amide bonds. The van der Waals surface area contributed by atoms with Crippen LogP contribution in [0.4, 0.5) is 4.39 Å². The zero-order valence-corrected chi connectivity index (χ0v) is 16.1. The lowest BCUT2D eigenvalue weighted by molar-refractivity contribution is 0.0977. The molecule has 27 heavy (non-hydrogen) atoms. The molecule has 8 heteroatoms. The number of carbonyl (C=O) groups is 1. The third-order valence-corrected chi connectivity index (χ3v) is 6.24. The van der Waals surface area contributed by atoms with Crippen molar-refractivity contribution in [2.75, 3.05) is 12.9 Å². The molecule has 0 unspecified atom stereocenters. The molecule has 1 aromatic rings. The molecule has 3 aliphatic rings. The lowest BCUT2D eigenvalue weighted by atomic mass is 9.93. The second-order valence-corrected chi connectivity index (χ2v) is 9.88. The number of nitrogens with one attached hydrogen (secondary N) is 2. The standard InChI is InChI=1S/C19H25FN2O4S/c1-27(24,25)22-19(23)16-8-15(12-2-3-12)18(9-17(16)20)26-10-11-6-13-4-5-14(7-11)21-13/h8-9,11-14,21H,2-7,10H2,1H3,(H,22,23)/t11-,13-,14+. The number of rotatable bonds is 6. The van der Waals surface area contributed by atoms with Crippen molar-refractivity contribution >= 4 is 15.9 Å². The van der Waals surface area contributed by atoms with Crippen LogP contribution < -0.4 is 14.8 Å². The van der Waals surface area contributed by atoms with Crippen molar-refractivity contribution < 1.29 is 22.3 Å². The van der Waals surface area contributed by atoms with Gasteiger partial charge in [-0.3, -0.25) is 4.79 Å². The molecule has 2 bridgehead atoms. The van der Waals surface area contributed by atoms with E-state index in [2.05, 4.69) is 5.32 Å². The van der Waals surface area contributed by atoms with Gasteiger partial charge in [0.05, 0.1) is 18.4 Å². The number of halogens is 1. The molecule has 0 spiro atoms. The summed E-state index contributed by atoms with van der Waals surface area (Å²) in [5.41, 5.74) is 0.543. The minimum absolute atomic E-state index is 0.245. The molecule has 1 saturated carbocycles.